The molecule has 9 heteroatoms. The first kappa shape index (κ1) is 30.3. The van der Waals surface area contributed by atoms with E-state index in [9.17, 15) is 14.4 Å². The molecule has 0 aliphatic carbocycles. The fourth-order valence-electron chi connectivity index (χ4n) is 3.52. The Kier molecular flexibility index (Phi) is 14.4. The van der Waals surface area contributed by atoms with E-state index in [1.807, 2.05) is 0 Å². The van der Waals surface area contributed by atoms with Gasteiger partial charge in [-0.15, -0.1) is 0 Å². The fraction of sp³-hybridized carbons (Fsp3) is 0.429. The van der Waals surface area contributed by atoms with Crippen LogP contribution < -0.4 is 15.5 Å². The molecule has 0 radical (unpaired) electrons. The molecule has 0 unspecified atom stereocenters. The summed E-state index contributed by atoms with van der Waals surface area (Å²) >= 11 is 11.9. The number of ether oxygens (including phenoxy) is 1. The molecule has 0 bridgehead atoms. The minimum atomic E-state index is -0.602. The molecule has 2 amide bonds. The first-order valence-electron chi connectivity index (χ1n) is 12.7. The van der Waals surface area contributed by atoms with Crippen LogP contribution >= 0.6 is 23.2 Å². The molecule has 0 fully saturated rings. The number of carbonyl (C=O) groups is 3. The standard InChI is InChI=1S/C28H35Cl2N3O4/c1-2-3-4-5-6-7-8-9-10-11-26(34)31-20-27(35)33-32-19-21-12-15-23(16-13-21)37-28(36)24-17-14-22(29)18-25(24)30/h12-19H,2-11,20H2,1H3,(H,31,34)(H,33,35)/b32-19-. The first-order chi connectivity index (χ1) is 17.9. The molecule has 0 saturated heterocycles. The second-order valence-corrected chi connectivity index (χ2v) is 9.57. The van der Waals surface area contributed by atoms with Crippen molar-refractivity contribution >= 4 is 47.2 Å². The van der Waals surface area contributed by atoms with E-state index in [4.69, 9.17) is 27.9 Å². The zero-order valence-electron chi connectivity index (χ0n) is 21.2. The Balaban J connectivity index is 1.61. The van der Waals surface area contributed by atoms with Crippen molar-refractivity contribution < 1.29 is 19.1 Å². The molecule has 2 aromatic carbocycles. The summed E-state index contributed by atoms with van der Waals surface area (Å²) in [5.74, 6) is -0.823. The van der Waals surface area contributed by atoms with Gasteiger partial charge < -0.3 is 10.1 Å². The summed E-state index contributed by atoms with van der Waals surface area (Å²) in [4.78, 5) is 36.1. The zero-order chi connectivity index (χ0) is 26.9. The predicted octanol–water partition coefficient (Wildman–Crippen LogP) is 6.70. The van der Waals surface area contributed by atoms with Crippen LogP contribution in [0.4, 0.5) is 0 Å². The Morgan fingerprint density at radius 2 is 1.51 bits per heavy atom. The summed E-state index contributed by atoms with van der Waals surface area (Å²) < 4.78 is 5.32. The number of halogens is 2. The normalized spacial score (nSPS) is 10.9. The zero-order valence-corrected chi connectivity index (χ0v) is 22.7. The number of hydrogen-bond donors (Lipinski definition) is 2. The highest BCUT2D eigenvalue weighted by molar-refractivity contribution is 6.36. The van der Waals surface area contributed by atoms with Gasteiger partial charge in [-0.1, -0.05) is 81.5 Å². The van der Waals surface area contributed by atoms with Gasteiger partial charge in [0.15, 0.2) is 0 Å². The average Bonchev–Trinajstić information content (AvgIpc) is 2.87. The van der Waals surface area contributed by atoms with Crippen molar-refractivity contribution in [2.75, 3.05) is 6.54 Å². The van der Waals surface area contributed by atoms with Crippen molar-refractivity contribution in [3.63, 3.8) is 0 Å². The van der Waals surface area contributed by atoms with Gasteiger partial charge in [0, 0.05) is 11.4 Å². The fourth-order valence-corrected chi connectivity index (χ4v) is 4.01. The molecule has 0 spiro atoms. The van der Waals surface area contributed by atoms with Gasteiger partial charge in [-0.25, -0.2) is 10.2 Å². The van der Waals surface area contributed by atoms with Crippen molar-refractivity contribution in [1.29, 1.82) is 0 Å². The second-order valence-electron chi connectivity index (χ2n) is 8.73. The molecule has 37 heavy (non-hydrogen) atoms. The number of esters is 1. The highest BCUT2D eigenvalue weighted by atomic mass is 35.5. The molecular formula is C28H35Cl2N3O4. The van der Waals surface area contributed by atoms with Crippen molar-refractivity contribution in [2.45, 2.75) is 71.1 Å². The number of amides is 2. The first-order valence-corrected chi connectivity index (χ1v) is 13.5. The Bertz CT molecular complexity index is 1040. The number of hydrazone groups is 1. The largest absolute Gasteiger partial charge is 0.423 e. The number of rotatable bonds is 16. The molecule has 0 saturated carbocycles. The highest BCUT2D eigenvalue weighted by Gasteiger charge is 2.13. The second kappa shape index (κ2) is 17.5. The van der Waals surface area contributed by atoms with Crippen LogP contribution in [0.15, 0.2) is 47.6 Å². The van der Waals surface area contributed by atoms with Crippen LogP contribution in [-0.4, -0.2) is 30.5 Å². The number of benzene rings is 2. The van der Waals surface area contributed by atoms with Gasteiger partial charge in [0.25, 0.3) is 5.91 Å². The summed E-state index contributed by atoms with van der Waals surface area (Å²) in [5, 5.41) is 7.13. The third-order valence-corrected chi connectivity index (χ3v) is 6.15. The number of hydrogen-bond acceptors (Lipinski definition) is 5. The maximum Gasteiger partial charge on any atom is 0.345 e. The number of carbonyl (C=O) groups excluding carboxylic acids is 3. The van der Waals surface area contributed by atoms with Crippen LogP contribution in [0.5, 0.6) is 5.75 Å². The maximum atomic E-state index is 12.3. The summed E-state index contributed by atoms with van der Waals surface area (Å²) in [5.41, 5.74) is 3.26. The predicted molar refractivity (Wildman–Crippen MR) is 148 cm³/mol. The molecule has 0 aliphatic rings. The summed E-state index contributed by atoms with van der Waals surface area (Å²) in [6, 6.07) is 11.1. The van der Waals surface area contributed by atoms with E-state index in [1.165, 1.54) is 56.9 Å². The van der Waals surface area contributed by atoms with Gasteiger partial charge in [0.05, 0.1) is 23.3 Å². The van der Waals surface area contributed by atoms with Gasteiger partial charge in [-0.2, -0.15) is 5.10 Å². The quantitative estimate of drug-likeness (QED) is 0.0802. The maximum absolute atomic E-state index is 12.3. The van der Waals surface area contributed by atoms with Gasteiger partial charge in [0.2, 0.25) is 5.91 Å². The lowest BCUT2D eigenvalue weighted by molar-refractivity contribution is -0.126. The molecule has 0 aliphatic heterocycles. The SMILES string of the molecule is CCCCCCCCCCCC(=O)NCC(=O)N/N=C\c1ccc(OC(=O)c2ccc(Cl)cc2Cl)cc1. The Labute approximate surface area is 228 Å². The van der Waals surface area contributed by atoms with Crippen LogP contribution in [0, 0.1) is 0 Å². The van der Waals surface area contributed by atoms with Gasteiger partial charge in [-0.05, 0) is 54.4 Å². The van der Waals surface area contributed by atoms with Crippen LogP contribution in [0.25, 0.3) is 0 Å². The van der Waals surface area contributed by atoms with E-state index in [0.717, 1.165) is 19.3 Å². The van der Waals surface area contributed by atoms with E-state index in [2.05, 4.69) is 22.8 Å². The molecule has 2 rings (SSSR count). The van der Waals surface area contributed by atoms with Crippen LogP contribution in [0.3, 0.4) is 0 Å². The van der Waals surface area contributed by atoms with E-state index in [1.54, 1.807) is 30.3 Å². The molecule has 0 heterocycles. The molecule has 0 atom stereocenters. The number of nitrogens with zero attached hydrogens (tertiary/aromatic N) is 1. The molecule has 2 aromatic rings. The van der Waals surface area contributed by atoms with E-state index >= 15 is 0 Å². The lowest BCUT2D eigenvalue weighted by Gasteiger charge is -2.06. The smallest absolute Gasteiger partial charge is 0.345 e. The van der Waals surface area contributed by atoms with Crippen LogP contribution in [0.1, 0.15) is 87.1 Å². The third kappa shape index (κ3) is 12.8. The van der Waals surface area contributed by atoms with E-state index in [0.29, 0.717) is 22.8 Å². The molecule has 7 nitrogen and oxygen atoms in total. The summed E-state index contributed by atoms with van der Waals surface area (Å²) in [7, 11) is 0. The number of nitrogens with one attached hydrogen (secondary N) is 2. The molecule has 2 N–H and O–H groups in total. The van der Waals surface area contributed by atoms with E-state index < -0.39 is 11.9 Å². The van der Waals surface area contributed by atoms with Gasteiger partial charge >= 0.3 is 5.97 Å². The van der Waals surface area contributed by atoms with Crippen molar-refractivity contribution in [3.05, 3.63) is 63.6 Å². The molecular weight excluding hydrogens is 513 g/mol. The third-order valence-electron chi connectivity index (χ3n) is 5.60. The lowest BCUT2D eigenvalue weighted by atomic mass is 10.1. The van der Waals surface area contributed by atoms with Crippen LogP contribution in [0.2, 0.25) is 10.0 Å². The molecule has 200 valence electrons. The van der Waals surface area contributed by atoms with Crippen molar-refractivity contribution in [2.24, 2.45) is 5.10 Å². The van der Waals surface area contributed by atoms with E-state index in [-0.39, 0.29) is 23.0 Å². The topological polar surface area (TPSA) is 96.9 Å². The Hall–Kier alpha value is -2.90. The Morgan fingerprint density at radius 3 is 2.16 bits per heavy atom. The van der Waals surface area contributed by atoms with Crippen LogP contribution in [-0.2, 0) is 9.59 Å². The number of unbranched alkanes of at least 4 members (excludes halogenated alkanes) is 8. The van der Waals surface area contributed by atoms with Gasteiger partial charge in [0.1, 0.15) is 5.75 Å². The summed E-state index contributed by atoms with van der Waals surface area (Å²) in [6.45, 7) is 2.09. The Morgan fingerprint density at radius 1 is 0.865 bits per heavy atom. The van der Waals surface area contributed by atoms with Gasteiger partial charge in [-0.3, -0.25) is 9.59 Å². The highest BCUT2D eigenvalue weighted by Crippen LogP contribution is 2.23. The summed E-state index contributed by atoms with van der Waals surface area (Å²) in [6.07, 6.45) is 12.6. The molecule has 0 aromatic heterocycles. The minimum absolute atomic E-state index is 0.129. The van der Waals surface area contributed by atoms with Crippen molar-refractivity contribution in [3.8, 4) is 5.75 Å². The monoisotopic (exact) mass is 547 g/mol. The van der Waals surface area contributed by atoms with Crippen molar-refractivity contribution in [1.82, 2.24) is 10.7 Å². The average molecular weight is 549 g/mol. The minimum Gasteiger partial charge on any atom is -0.423 e. The lowest BCUT2D eigenvalue weighted by Crippen LogP contribution is -2.34.